The lowest BCUT2D eigenvalue weighted by Gasteiger charge is -2.39. The number of hydrogen-bond donors (Lipinski definition) is 1. The van der Waals surface area contributed by atoms with E-state index in [9.17, 15) is 0 Å². The van der Waals surface area contributed by atoms with Crippen LogP contribution in [0, 0.1) is 0 Å². The van der Waals surface area contributed by atoms with E-state index in [-0.39, 0.29) is 6.10 Å². The zero-order valence-corrected chi connectivity index (χ0v) is 9.84. The Hall–Kier alpha value is -0.800. The number of ether oxygens (including phenoxy) is 2. The molecule has 2 unspecified atom stereocenters. The molecule has 16 heavy (non-hydrogen) atoms. The normalized spacial score (nSPS) is 38.8. The van der Waals surface area contributed by atoms with Crippen molar-refractivity contribution in [3.8, 4) is 0 Å². The third-order valence-electron chi connectivity index (χ3n) is 3.70. The molecular formula is C13H19NO2. The first kappa shape index (κ1) is 10.4. The van der Waals surface area contributed by atoms with Gasteiger partial charge in [0.15, 0.2) is 5.79 Å². The fraction of sp³-hybridized carbons (Fsp3) is 0.692. The molecule has 1 N–H and O–H groups in total. The van der Waals surface area contributed by atoms with E-state index in [1.807, 2.05) is 0 Å². The Morgan fingerprint density at radius 2 is 2.25 bits per heavy atom. The molecule has 0 amide bonds. The van der Waals surface area contributed by atoms with E-state index in [0.717, 1.165) is 44.4 Å². The van der Waals surface area contributed by atoms with E-state index in [1.54, 1.807) is 0 Å². The van der Waals surface area contributed by atoms with Gasteiger partial charge in [0.1, 0.15) is 0 Å². The summed E-state index contributed by atoms with van der Waals surface area (Å²) >= 11 is 0. The van der Waals surface area contributed by atoms with E-state index in [2.05, 4.69) is 18.8 Å². The molecule has 1 fully saturated rings. The third kappa shape index (κ3) is 1.50. The van der Waals surface area contributed by atoms with Gasteiger partial charge in [-0.1, -0.05) is 6.58 Å². The summed E-state index contributed by atoms with van der Waals surface area (Å²) in [7, 11) is 0. The monoisotopic (exact) mass is 221 g/mol. The van der Waals surface area contributed by atoms with Crippen LogP contribution in [0.1, 0.15) is 39.0 Å². The van der Waals surface area contributed by atoms with Gasteiger partial charge in [0.2, 0.25) is 0 Å². The van der Waals surface area contributed by atoms with E-state index in [1.165, 1.54) is 11.3 Å². The van der Waals surface area contributed by atoms with Gasteiger partial charge in [-0.3, -0.25) is 0 Å². The molecule has 0 aromatic carbocycles. The third-order valence-corrected chi connectivity index (χ3v) is 3.70. The van der Waals surface area contributed by atoms with Gasteiger partial charge in [-0.15, -0.1) is 0 Å². The summed E-state index contributed by atoms with van der Waals surface area (Å²) < 4.78 is 12.0. The Balaban J connectivity index is 1.95. The highest BCUT2D eigenvalue weighted by atomic mass is 16.7. The number of rotatable bonds is 0. The molecule has 3 aliphatic rings. The molecule has 0 saturated carbocycles. The summed E-state index contributed by atoms with van der Waals surface area (Å²) in [5.74, 6) is -0.402. The van der Waals surface area contributed by atoms with Crippen LogP contribution in [-0.4, -0.2) is 18.5 Å². The van der Waals surface area contributed by atoms with Gasteiger partial charge in [0.05, 0.1) is 12.7 Å². The average Bonchev–Trinajstić information content (AvgIpc) is 2.61. The highest BCUT2D eigenvalue weighted by molar-refractivity contribution is 5.31. The molecule has 0 aromatic rings. The first-order valence-corrected chi connectivity index (χ1v) is 6.19. The van der Waals surface area contributed by atoms with Gasteiger partial charge in [0.25, 0.3) is 0 Å². The maximum Gasteiger partial charge on any atom is 0.193 e. The van der Waals surface area contributed by atoms with Crippen LogP contribution in [-0.2, 0) is 9.47 Å². The fourth-order valence-electron chi connectivity index (χ4n) is 2.99. The first-order valence-electron chi connectivity index (χ1n) is 6.19. The maximum absolute atomic E-state index is 6.04. The van der Waals surface area contributed by atoms with E-state index >= 15 is 0 Å². The van der Waals surface area contributed by atoms with Crippen LogP contribution in [0.2, 0.25) is 0 Å². The Morgan fingerprint density at radius 1 is 1.38 bits per heavy atom. The van der Waals surface area contributed by atoms with Crippen molar-refractivity contribution in [3.05, 3.63) is 23.5 Å². The van der Waals surface area contributed by atoms with Crippen LogP contribution < -0.4 is 5.32 Å². The van der Waals surface area contributed by atoms with Crippen molar-refractivity contribution < 1.29 is 9.47 Å². The second kappa shape index (κ2) is 3.60. The van der Waals surface area contributed by atoms with Crippen LogP contribution in [0.3, 0.4) is 0 Å². The number of allylic oxidation sites excluding steroid dienone is 2. The lowest BCUT2D eigenvalue weighted by atomic mass is 9.84. The summed E-state index contributed by atoms with van der Waals surface area (Å²) in [5, 5.41) is 3.41. The van der Waals surface area contributed by atoms with Crippen molar-refractivity contribution >= 4 is 0 Å². The average molecular weight is 221 g/mol. The lowest BCUT2D eigenvalue weighted by Crippen LogP contribution is -2.40. The van der Waals surface area contributed by atoms with E-state index in [0.29, 0.717) is 0 Å². The van der Waals surface area contributed by atoms with Gasteiger partial charge in [-0.2, -0.15) is 0 Å². The second-order valence-corrected chi connectivity index (χ2v) is 5.03. The van der Waals surface area contributed by atoms with Crippen molar-refractivity contribution in [2.45, 2.75) is 50.9 Å². The molecule has 2 atom stereocenters. The van der Waals surface area contributed by atoms with Crippen molar-refractivity contribution in [3.63, 3.8) is 0 Å². The van der Waals surface area contributed by atoms with Crippen LogP contribution in [0.4, 0.5) is 0 Å². The highest BCUT2D eigenvalue weighted by Crippen LogP contribution is 2.44. The van der Waals surface area contributed by atoms with Gasteiger partial charge in [-0.05, 0) is 32.6 Å². The zero-order chi connectivity index (χ0) is 11.2. The fourth-order valence-corrected chi connectivity index (χ4v) is 2.99. The maximum atomic E-state index is 6.04. The van der Waals surface area contributed by atoms with Crippen molar-refractivity contribution in [1.82, 2.24) is 5.32 Å². The molecule has 3 rings (SSSR count). The van der Waals surface area contributed by atoms with Gasteiger partial charge in [0, 0.05) is 23.4 Å². The molecule has 2 heterocycles. The SMILES string of the molecule is C=C1CCC2=C(CCCC23OCC(C)O3)N1. The molecule has 1 spiro atoms. The Morgan fingerprint density at radius 3 is 3.00 bits per heavy atom. The summed E-state index contributed by atoms with van der Waals surface area (Å²) in [6, 6.07) is 0. The molecule has 0 aromatic heterocycles. The van der Waals surface area contributed by atoms with Crippen molar-refractivity contribution in [2.75, 3.05) is 6.61 Å². The van der Waals surface area contributed by atoms with Crippen LogP contribution >= 0.6 is 0 Å². The van der Waals surface area contributed by atoms with E-state index < -0.39 is 5.79 Å². The van der Waals surface area contributed by atoms with Gasteiger partial charge >= 0.3 is 0 Å². The Kier molecular flexibility index (Phi) is 2.33. The largest absolute Gasteiger partial charge is 0.363 e. The number of hydrogen-bond acceptors (Lipinski definition) is 3. The van der Waals surface area contributed by atoms with Gasteiger partial charge < -0.3 is 14.8 Å². The van der Waals surface area contributed by atoms with E-state index in [4.69, 9.17) is 9.47 Å². The molecule has 3 heteroatoms. The molecule has 1 saturated heterocycles. The summed E-state index contributed by atoms with van der Waals surface area (Å²) in [5.41, 5.74) is 3.77. The molecule has 88 valence electrons. The number of nitrogens with one attached hydrogen (secondary N) is 1. The minimum absolute atomic E-state index is 0.219. The molecule has 2 aliphatic heterocycles. The van der Waals surface area contributed by atoms with Crippen LogP contribution in [0.15, 0.2) is 23.5 Å². The van der Waals surface area contributed by atoms with Crippen LogP contribution in [0.5, 0.6) is 0 Å². The standard InChI is InChI=1S/C13H19NO2/c1-9-5-6-11-12(14-9)4-3-7-13(11)15-8-10(2)16-13/h10,14H,1,3-8H2,2H3. The Bertz CT molecular complexity index is 361. The molecule has 3 nitrogen and oxygen atoms in total. The van der Waals surface area contributed by atoms with Crippen molar-refractivity contribution in [1.29, 1.82) is 0 Å². The van der Waals surface area contributed by atoms with Crippen molar-refractivity contribution in [2.24, 2.45) is 0 Å². The zero-order valence-electron chi connectivity index (χ0n) is 9.84. The summed E-state index contributed by atoms with van der Waals surface area (Å²) in [6.45, 7) is 6.81. The predicted octanol–water partition coefficient (Wildman–Crippen LogP) is 2.45. The smallest absolute Gasteiger partial charge is 0.193 e. The lowest BCUT2D eigenvalue weighted by molar-refractivity contribution is -0.148. The highest BCUT2D eigenvalue weighted by Gasteiger charge is 2.46. The molecule has 0 bridgehead atoms. The summed E-state index contributed by atoms with van der Waals surface area (Å²) in [6.07, 6.45) is 5.50. The molecular weight excluding hydrogens is 202 g/mol. The molecule has 0 radical (unpaired) electrons. The quantitative estimate of drug-likeness (QED) is 0.681. The topological polar surface area (TPSA) is 30.5 Å². The molecule has 1 aliphatic carbocycles. The second-order valence-electron chi connectivity index (χ2n) is 5.03. The predicted molar refractivity (Wildman–Crippen MR) is 61.6 cm³/mol. The van der Waals surface area contributed by atoms with Gasteiger partial charge in [-0.25, -0.2) is 0 Å². The van der Waals surface area contributed by atoms with Crippen LogP contribution in [0.25, 0.3) is 0 Å². The first-order chi connectivity index (χ1) is 7.70. The number of fused-ring (bicyclic) bond motifs is 1. The summed E-state index contributed by atoms with van der Waals surface area (Å²) in [4.78, 5) is 0. The minimum atomic E-state index is -0.402. The minimum Gasteiger partial charge on any atom is -0.363 e. The Labute approximate surface area is 96.5 Å².